The Morgan fingerprint density at radius 3 is 2.83 bits per heavy atom. The summed E-state index contributed by atoms with van der Waals surface area (Å²) in [5.41, 5.74) is 1.71. The normalized spacial score (nSPS) is 20.5. The number of anilines is 1. The van der Waals surface area contributed by atoms with Crippen LogP contribution in [0.15, 0.2) is 24.3 Å². The Morgan fingerprint density at radius 1 is 1.43 bits per heavy atom. The second-order valence-corrected chi connectivity index (χ2v) is 6.03. The first-order valence-corrected chi connectivity index (χ1v) is 7.65. The van der Waals surface area contributed by atoms with E-state index in [1.165, 1.54) is 11.8 Å². The fourth-order valence-electron chi connectivity index (χ4n) is 2.90. The largest absolute Gasteiger partial charge is 0.401 e. The number of alkyl halides is 3. The summed E-state index contributed by atoms with van der Waals surface area (Å²) in [7, 11) is 0. The van der Waals surface area contributed by atoms with Crippen LogP contribution >= 0.6 is 0 Å². The van der Waals surface area contributed by atoms with E-state index >= 15 is 0 Å². The highest BCUT2D eigenvalue weighted by Crippen LogP contribution is 2.22. The van der Waals surface area contributed by atoms with Crippen LogP contribution in [0.2, 0.25) is 0 Å². The van der Waals surface area contributed by atoms with Crippen molar-refractivity contribution in [2.75, 3.05) is 25.0 Å². The Morgan fingerprint density at radius 2 is 2.17 bits per heavy atom. The molecule has 1 aromatic rings. The molecule has 2 atom stereocenters. The van der Waals surface area contributed by atoms with Crippen molar-refractivity contribution in [1.29, 1.82) is 0 Å². The Hall–Kier alpha value is -1.60. The second kappa shape index (κ2) is 7.31. The van der Waals surface area contributed by atoms with Gasteiger partial charge in [0.2, 0.25) is 5.91 Å². The van der Waals surface area contributed by atoms with Crippen molar-refractivity contribution in [2.45, 2.75) is 38.5 Å². The molecule has 1 aliphatic heterocycles. The lowest BCUT2D eigenvalue weighted by Gasteiger charge is -2.22. The average Bonchev–Trinajstić information content (AvgIpc) is 2.83. The van der Waals surface area contributed by atoms with E-state index in [9.17, 15) is 18.0 Å². The Bertz CT molecular complexity index is 548. The molecule has 2 N–H and O–H groups in total. The topological polar surface area (TPSA) is 44.4 Å². The standard InChI is InChI=1S/C16H22F3N3O/c1-11(13-4-3-5-14(8-13)21-12(2)23)20-15-6-7-22(9-15)10-16(17,18)19/h3-5,8,11,15,20H,6-7,9-10H2,1-2H3,(H,21,23)/t11-,15+/m1/s1. The lowest BCUT2D eigenvalue weighted by atomic mass is 10.1. The molecule has 128 valence electrons. The molecule has 0 aromatic heterocycles. The van der Waals surface area contributed by atoms with Crippen LogP contribution in [-0.2, 0) is 4.79 Å². The van der Waals surface area contributed by atoms with Gasteiger partial charge in [0.05, 0.1) is 6.54 Å². The number of likely N-dealkylation sites (tertiary alicyclic amines) is 1. The van der Waals surface area contributed by atoms with E-state index < -0.39 is 12.7 Å². The van der Waals surface area contributed by atoms with Gasteiger partial charge in [-0.2, -0.15) is 13.2 Å². The van der Waals surface area contributed by atoms with E-state index in [2.05, 4.69) is 10.6 Å². The third kappa shape index (κ3) is 5.84. The fourth-order valence-corrected chi connectivity index (χ4v) is 2.90. The number of carbonyl (C=O) groups excluding carboxylic acids is 1. The van der Waals surface area contributed by atoms with Crippen LogP contribution in [0, 0.1) is 0 Å². The molecule has 1 amide bonds. The van der Waals surface area contributed by atoms with Crippen molar-refractivity contribution in [2.24, 2.45) is 0 Å². The van der Waals surface area contributed by atoms with Gasteiger partial charge in [0.25, 0.3) is 0 Å². The van der Waals surface area contributed by atoms with Crippen molar-refractivity contribution in [3.63, 3.8) is 0 Å². The maximum absolute atomic E-state index is 12.4. The number of amides is 1. The molecule has 1 aromatic carbocycles. The lowest BCUT2D eigenvalue weighted by Crippen LogP contribution is -2.37. The number of hydrogen-bond donors (Lipinski definition) is 2. The molecule has 4 nitrogen and oxygen atoms in total. The predicted octanol–water partition coefficient (Wildman–Crippen LogP) is 2.93. The van der Waals surface area contributed by atoms with Gasteiger partial charge in [-0.15, -0.1) is 0 Å². The Labute approximate surface area is 134 Å². The molecule has 0 aliphatic carbocycles. The first kappa shape index (κ1) is 17.7. The van der Waals surface area contributed by atoms with Crippen molar-refractivity contribution < 1.29 is 18.0 Å². The first-order chi connectivity index (χ1) is 10.7. The third-order valence-corrected chi connectivity index (χ3v) is 3.87. The van der Waals surface area contributed by atoms with Crippen LogP contribution in [0.4, 0.5) is 18.9 Å². The smallest absolute Gasteiger partial charge is 0.326 e. The number of halogens is 3. The summed E-state index contributed by atoms with van der Waals surface area (Å²) in [5, 5.41) is 6.10. The molecule has 1 aliphatic rings. The average molecular weight is 329 g/mol. The molecule has 0 saturated carbocycles. The summed E-state index contributed by atoms with van der Waals surface area (Å²) in [5.74, 6) is -0.138. The summed E-state index contributed by atoms with van der Waals surface area (Å²) in [6.45, 7) is 3.42. The minimum Gasteiger partial charge on any atom is -0.326 e. The molecule has 1 fully saturated rings. The molecule has 23 heavy (non-hydrogen) atoms. The van der Waals surface area contributed by atoms with Gasteiger partial charge in [0.15, 0.2) is 0 Å². The zero-order chi connectivity index (χ0) is 17.0. The molecule has 7 heteroatoms. The molecular formula is C16H22F3N3O. The third-order valence-electron chi connectivity index (χ3n) is 3.87. The highest BCUT2D eigenvalue weighted by Gasteiger charge is 2.34. The van der Waals surface area contributed by atoms with Gasteiger partial charge in [-0.1, -0.05) is 12.1 Å². The van der Waals surface area contributed by atoms with Crippen LogP contribution < -0.4 is 10.6 Å². The summed E-state index contributed by atoms with van der Waals surface area (Å²) in [6, 6.07) is 7.51. The molecule has 1 saturated heterocycles. The molecule has 0 unspecified atom stereocenters. The van der Waals surface area contributed by atoms with Gasteiger partial charge < -0.3 is 10.6 Å². The van der Waals surface area contributed by atoms with E-state index in [1.54, 1.807) is 6.07 Å². The minimum absolute atomic E-state index is 0.000421. The quantitative estimate of drug-likeness (QED) is 0.873. The van der Waals surface area contributed by atoms with Crippen molar-refractivity contribution >= 4 is 11.6 Å². The van der Waals surface area contributed by atoms with Gasteiger partial charge in [0, 0.05) is 37.8 Å². The molecule has 0 radical (unpaired) electrons. The van der Waals surface area contributed by atoms with Gasteiger partial charge in [-0.25, -0.2) is 0 Å². The van der Waals surface area contributed by atoms with E-state index in [4.69, 9.17) is 0 Å². The highest BCUT2D eigenvalue weighted by molar-refractivity contribution is 5.88. The molecule has 0 spiro atoms. The number of rotatable bonds is 5. The monoisotopic (exact) mass is 329 g/mol. The number of hydrogen-bond acceptors (Lipinski definition) is 3. The van der Waals surface area contributed by atoms with E-state index in [-0.39, 0.29) is 18.0 Å². The number of nitrogens with one attached hydrogen (secondary N) is 2. The maximum Gasteiger partial charge on any atom is 0.401 e. The lowest BCUT2D eigenvalue weighted by molar-refractivity contribution is -0.143. The van der Waals surface area contributed by atoms with Gasteiger partial charge in [0.1, 0.15) is 0 Å². The van der Waals surface area contributed by atoms with Gasteiger partial charge in [-0.3, -0.25) is 9.69 Å². The van der Waals surface area contributed by atoms with E-state index in [1.807, 2.05) is 25.1 Å². The number of carbonyl (C=O) groups is 1. The summed E-state index contributed by atoms with van der Waals surface area (Å²) in [6.07, 6.45) is -3.45. The molecule has 2 rings (SSSR count). The first-order valence-electron chi connectivity index (χ1n) is 7.65. The molecule has 1 heterocycles. The Balaban J connectivity index is 1.90. The zero-order valence-electron chi connectivity index (χ0n) is 13.3. The molecule has 0 bridgehead atoms. The van der Waals surface area contributed by atoms with Gasteiger partial charge in [-0.05, 0) is 31.0 Å². The summed E-state index contributed by atoms with van der Waals surface area (Å²) >= 11 is 0. The van der Waals surface area contributed by atoms with E-state index in [0.29, 0.717) is 25.2 Å². The summed E-state index contributed by atoms with van der Waals surface area (Å²) < 4.78 is 37.2. The fraction of sp³-hybridized carbons (Fsp3) is 0.562. The van der Waals surface area contributed by atoms with Crippen LogP contribution in [0.5, 0.6) is 0 Å². The van der Waals surface area contributed by atoms with Crippen molar-refractivity contribution in [3.05, 3.63) is 29.8 Å². The summed E-state index contributed by atoms with van der Waals surface area (Å²) in [4.78, 5) is 12.5. The SMILES string of the molecule is CC(=O)Nc1cccc([C@@H](C)N[C@H]2CCN(CC(F)(F)F)C2)c1. The maximum atomic E-state index is 12.4. The highest BCUT2D eigenvalue weighted by atomic mass is 19.4. The Kier molecular flexibility index (Phi) is 5.64. The minimum atomic E-state index is -4.15. The molecular weight excluding hydrogens is 307 g/mol. The second-order valence-electron chi connectivity index (χ2n) is 6.03. The van der Waals surface area contributed by atoms with Crippen LogP contribution in [-0.4, -0.2) is 42.7 Å². The van der Waals surface area contributed by atoms with Crippen LogP contribution in [0.1, 0.15) is 31.9 Å². The van der Waals surface area contributed by atoms with Crippen molar-refractivity contribution in [3.8, 4) is 0 Å². The predicted molar refractivity (Wildman–Crippen MR) is 83.2 cm³/mol. The van der Waals surface area contributed by atoms with Crippen LogP contribution in [0.25, 0.3) is 0 Å². The van der Waals surface area contributed by atoms with E-state index in [0.717, 1.165) is 5.56 Å². The number of benzene rings is 1. The van der Waals surface area contributed by atoms with Gasteiger partial charge >= 0.3 is 6.18 Å². The number of nitrogens with zero attached hydrogens (tertiary/aromatic N) is 1. The zero-order valence-corrected chi connectivity index (χ0v) is 13.3. The van der Waals surface area contributed by atoms with Crippen molar-refractivity contribution in [1.82, 2.24) is 10.2 Å². The van der Waals surface area contributed by atoms with Crippen LogP contribution in [0.3, 0.4) is 0 Å².